The van der Waals surface area contributed by atoms with E-state index in [0.717, 1.165) is 42.0 Å². The maximum Gasteiger partial charge on any atom is 0.244 e. The molecule has 1 saturated heterocycles. The average Bonchev–Trinajstić information content (AvgIpc) is 3.60. The SMILES string of the molecule is CCCCCCCCCCCN1C[C@@](C)(c2cc(F)cc(F)c2)N(CC(=O)Nc2ccc3c(c2)C[C@@]2(C3)C(=O)Nc3ncccc32)C(=O)C1(C)C. The molecule has 6 rings (SSSR count). The van der Waals surface area contributed by atoms with Gasteiger partial charge in [0.25, 0.3) is 0 Å². The lowest BCUT2D eigenvalue weighted by Gasteiger charge is -2.55. The fourth-order valence-electron chi connectivity index (χ4n) is 8.36. The summed E-state index contributed by atoms with van der Waals surface area (Å²) in [6, 6.07) is 12.7. The van der Waals surface area contributed by atoms with Crippen molar-refractivity contribution in [3.63, 3.8) is 0 Å². The monoisotopic (exact) mass is 699 g/mol. The number of nitrogens with one attached hydrogen (secondary N) is 2. The largest absolute Gasteiger partial charge is 0.325 e. The van der Waals surface area contributed by atoms with Crippen molar-refractivity contribution in [3.05, 3.63) is 88.6 Å². The number of aromatic nitrogens is 1. The van der Waals surface area contributed by atoms with Gasteiger partial charge in [-0.3, -0.25) is 19.3 Å². The van der Waals surface area contributed by atoms with E-state index in [1.807, 2.05) is 44.2 Å². The second-order valence-corrected chi connectivity index (χ2v) is 15.5. The zero-order valence-corrected chi connectivity index (χ0v) is 30.4. The molecule has 272 valence electrons. The third-order valence-corrected chi connectivity index (χ3v) is 11.4. The molecule has 8 nitrogen and oxygen atoms in total. The second-order valence-electron chi connectivity index (χ2n) is 15.5. The van der Waals surface area contributed by atoms with Crippen LogP contribution in [0, 0.1) is 11.6 Å². The molecule has 0 unspecified atom stereocenters. The number of amides is 3. The maximum atomic E-state index is 14.7. The zero-order valence-electron chi connectivity index (χ0n) is 30.4. The van der Waals surface area contributed by atoms with Gasteiger partial charge < -0.3 is 15.5 Å². The van der Waals surface area contributed by atoms with E-state index in [1.54, 1.807) is 13.1 Å². The first kappa shape index (κ1) is 36.6. The summed E-state index contributed by atoms with van der Waals surface area (Å²) in [5.74, 6) is -1.65. The Labute approximate surface area is 300 Å². The Hall–Kier alpha value is -4.18. The van der Waals surface area contributed by atoms with E-state index in [9.17, 15) is 23.2 Å². The zero-order chi connectivity index (χ0) is 36.4. The Morgan fingerprint density at radius 3 is 2.25 bits per heavy atom. The Bertz CT molecular complexity index is 1780. The number of nitrogens with zero attached hydrogens (tertiary/aromatic N) is 3. The van der Waals surface area contributed by atoms with Gasteiger partial charge in [0.2, 0.25) is 17.7 Å². The van der Waals surface area contributed by atoms with Crippen LogP contribution in [0.15, 0.2) is 54.7 Å². The van der Waals surface area contributed by atoms with Crippen molar-refractivity contribution in [2.24, 2.45) is 0 Å². The summed E-state index contributed by atoms with van der Waals surface area (Å²) in [7, 11) is 0. The van der Waals surface area contributed by atoms with Crippen molar-refractivity contribution in [2.75, 3.05) is 30.3 Å². The van der Waals surface area contributed by atoms with Crippen LogP contribution in [0.4, 0.5) is 20.3 Å². The van der Waals surface area contributed by atoms with Gasteiger partial charge in [0.1, 0.15) is 24.0 Å². The molecule has 3 aliphatic rings. The molecule has 10 heteroatoms. The summed E-state index contributed by atoms with van der Waals surface area (Å²) in [5, 5.41) is 5.88. The van der Waals surface area contributed by atoms with E-state index in [-0.39, 0.29) is 18.4 Å². The highest BCUT2D eigenvalue weighted by atomic mass is 19.1. The summed E-state index contributed by atoms with van der Waals surface area (Å²) >= 11 is 0. The maximum absolute atomic E-state index is 14.7. The van der Waals surface area contributed by atoms with Gasteiger partial charge in [-0.25, -0.2) is 13.8 Å². The molecule has 1 aliphatic carbocycles. The van der Waals surface area contributed by atoms with Crippen LogP contribution in [0.1, 0.15) is 108 Å². The van der Waals surface area contributed by atoms with Crippen LogP contribution in [0.3, 0.4) is 0 Å². The first-order valence-corrected chi connectivity index (χ1v) is 18.6. The lowest BCUT2D eigenvalue weighted by atomic mass is 9.79. The second kappa shape index (κ2) is 14.8. The van der Waals surface area contributed by atoms with Gasteiger partial charge in [-0.2, -0.15) is 0 Å². The van der Waals surface area contributed by atoms with E-state index in [4.69, 9.17) is 0 Å². The number of hydrogen-bond donors (Lipinski definition) is 2. The standard InChI is InChI=1S/C41H51F2N5O3/c1-5-6-7-8-9-10-11-12-13-19-47-27-40(4,30-21-31(42)23-32(43)22-30)48(38(51)39(47,2)3)26-35(49)45-33-17-16-28-24-41(25-29(28)20-33)34-15-14-18-44-36(34)46-37(41)50/h14-18,20-23H,5-13,19,24-27H2,1-4H3,(H,45,49)(H,44,46,50)/t40-,41+/m0/s1. The smallest absolute Gasteiger partial charge is 0.244 e. The molecule has 1 spiro atoms. The van der Waals surface area contributed by atoms with Gasteiger partial charge in [-0.1, -0.05) is 70.4 Å². The highest BCUT2D eigenvalue weighted by Gasteiger charge is 2.53. The molecule has 1 aromatic heterocycles. The van der Waals surface area contributed by atoms with Gasteiger partial charge in [0.15, 0.2) is 0 Å². The van der Waals surface area contributed by atoms with E-state index < -0.39 is 34.0 Å². The van der Waals surface area contributed by atoms with Gasteiger partial charge in [0, 0.05) is 30.1 Å². The van der Waals surface area contributed by atoms with Crippen molar-refractivity contribution in [2.45, 2.75) is 115 Å². The summed E-state index contributed by atoms with van der Waals surface area (Å²) in [6.45, 7) is 8.42. The van der Waals surface area contributed by atoms with E-state index in [2.05, 4.69) is 27.4 Å². The third kappa shape index (κ3) is 7.30. The van der Waals surface area contributed by atoms with Crippen LogP contribution in [-0.2, 0) is 38.2 Å². The van der Waals surface area contributed by atoms with E-state index >= 15 is 0 Å². The predicted octanol–water partition coefficient (Wildman–Crippen LogP) is 7.66. The number of hydrogen-bond acceptors (Lipinski definition) is 5. The normalized spacial score (nSPS) is 22.3. The molecule has 2 N–H and O–H groups in total. The number of piperazine rings is 1. The molecule has 1 fully saturated rings. The highest BCUT2D eigenvalue weighted by Crippen LogP contribution is 2.47. The van der Waals surface area contributed by atoms with Crippen LogP contribution < -0.4 is 10.6 Å². The lowest BCUT2D eigenvalue weighted by molar-refractivity contribution is -0.164. The Kier molecular flexibility index (Phi) is 10.6. The number of fused-ring (bicyclic) bond motifs is 3. The molecule has 3 amide bonds. The van der Waals surface area contributed by atoms with Crippen molar-refractivity contribution in [1.82, 2.24) is 14.8 Å². The van der Waals surface area contributed by atoms with Crippen LogP contribution in [-0.4, -0.2) is 57.7 Å². The topological polar surface area (TPSA) is 94.6 Å². The number of benzene rings is 2. The van der Waals surface area contributed by atoms with Crippen LogP contribution >= 0.6 is 0 Å². The molecule has 3 aromatic rings. The van der Waals surface area contributed by atoms with Crippen molar-refractivity contribution in [1.29, 1.82) is 0 Å². The Morgan fingerprint density at radius 2 is 1.55 bits per heavy atom. The van der Waals surface area contributed by atoms with Crippen LogP contribution in [0.25, 0.3) is 0 Å². The molecule has 0 radical (unpaired) electrons. The highest BCUT2D eigenvalue weighted by molar-refractivity contribution is 6.06. The quantitative estimate of drug-likeness (QED) is 0.169. The number of carbonyl (C=O) groups excluding carboxylic acids is 3. The fourth-order valence-corrected chi connectivity index (χ4v) is 8.36. The van der Waals surface area contributed by atoms with Crippen LogP contribution in [0.2, 0.25) is 0 Å². The Balaban J connectivity index is 1.16. The number of anilines is 2. The number of rotatable bonds is 14. The summed E-state index contributed by atoms with van der Waals surface area (Å²) in [5.41, 5.74) is 0.887. The van der Waals surface area contributed by atoms with E-state index in [1.165, 1.54) is 55.6 Å². The minimum Gasteiger partial charge on any atom is -0.325 e. The number of carbonyl (C=O) groups is 3. The molecule has 3 heterocycles. The van der Waals surface area contributed by atoms with Crippen molar-refractivity contribution < 1.29 is 23.2 Å². The fraction of sp³-hybridized carbons (Fsp3) is 0.512. The summed E-state index contributed by atoms with van der Waals surface area (Å²) in [4.78, 5) is 49.2. The summed E-state index contributed by atoms with van der Waals surface area (Å²) < 4.78 is 29.3. The first-order chi connectivity index (χ1) is 24.4. The van der Waals surface area contributed by atoms with Gasteiger partial charge >= 0.3 is 0 Å². The molecule has 2 aliphatic heterocycles. The average molecular weight is 700 g/mol. The number of halogens is 2. The Morgan fingerprint density at radius 1 is 0.882 bits per heavy atom. The molecule has 0 saturated carbocycles. The summed E-state index contributed by atoms with van der Waals surface area (Å²) in [6.07, 6.45) is 13.3. The molecule has 51 heavy (non-hydrogen) atoms. The minimum absolute atomic E-state index is 0.0795. The van der Waals surface area contributed by atoms with Crippen molar-refractivity contribution >= 4 is 29.2 Å². The molecule has 2 atom stereocenters. The molecule has 2 aromatic carbocycles. The molecular weight excluding hydrogens is 648 g/mol. The first-order valence-electron chi connectivity index (χ1n) is 18.6. The van der Waals surface area contributed by atoms with E-state index in [0.29, 0.717) is 43.0 Å². The number of pyridine rings is 1. The minimum atomic E-state index is -1.17. The third-order valence-electron chi connectivity index (χ3n) is 11.4. The molecular formula is C41H51F2N5O3. The molecule has 0 bridgehead atoms. The number of unbranched alkanes of at least 4 members (excludes halogenated alkanes) is 8. The lowest BCUT2D eigenvalue weighted by Crippen LogP contribution is -2.71. The van der Waals surface area contributed by atoms with Gasteiger partial charge in [0.05, 0.1) is 16.5 Å². The van der Waals surface area contributed by atoms with Crippen molar-refractivity contribution in [3.8, 4) is 0 Å². The van der Waals surface area contributed by atoms with Crippen LogP contribution in [0.5, 0.6) is 0 Å². The predicted molar refractivity (Wildman–Crippen MR) is 195 cm³/mol. The van der Waals surface area contributed by atoms with Gasteiger partial charge in [-0.05, 0) is 93.6 Å². The van der Waals surface area contributed by atoms with Gasteiger partial charge in [-0.15, -0.1) is 0 Å².